The van der Waals surface area contributed by atoms with Gasteiger partial charge in [-0.2, -0.15) is 0 Å². The lowest BCUT2D eigenvalue weighted by atomic mass is 9.80. The molecular weight excluding hydrogens is 364 g/mol. The van der Waals surface area contributed by atoms with Gasteiger partial charge >= 0.3 is 0 Å². The van der Waals surface area contributed by atoms with E-state index in [4.69, 9.17) is 4.74 Å². The van der Waals surface area contributed by atoms with Gasteiger partial charge in [-0.1, -0.05) is 82.5 Å². The molecule has 0 N–H and O–H groups in total. The SMILES string of the molecule is CCCCCCCOc1ccc(C#CC=CC#CC2CCC(CCCC)CC2)cc1. The first-order valence-corrected chi connectivity index (χ1v) is 12.2. The number of allylic oxidation sites excluding steroid dienone is 2. The molecule has 0 spiro atoms. The predicted octanol–water partition coefficient (Wildman–Crippen LogP) is 7.94. The van der Waals surface area contributed by atoms with Crippen molar-refractivity contribution in [1.29, 1.82) is 0 Å². The molecule has 1 aromatic carbocycles. The molecule has 1 heteroatoms. The van der Waals surface area contributed by atoms with Crippen molar-refractivity contribution >= 4 is 0 Å². The fourth-order valence-corrected chi connectivity index (χ4v) is 3.99. The number of ether oxygens (including phenoxy) is 1. The Hall–Kier alpha value is -2.12. The second-order valence-corrected chi connectivity index (χ2v) is 8.54. The Balaban J connectivity index is 1.64. The van der Waals surface area contributed by atoms with E-state index in [-0.39, 0.29) is 0 Å². The molecule has 1 nitrogen and oxygen atoms in total. The number of unbranched alkanes of at least 4 members (excludes halogenated alkanes) is 5. The lowest BCUT2D eigenvalue weighted by Crippen LogP contribution is -2.13. The van der Waals surface area contributed by atoms with Gasteiger partial charge in [-0.15, -0.1) is 0 Å². The van der Waals surface area contributed by atoms with Crippen LogP contribution < -0.4 is 4.74 Å². The minimum atomic E-state index is 0.583. The Morgan fingerprint density at radius 2 is 1.53 bits per heavy atom. The maximum atomic E-state index is 5.80. The molecule has 0 amide bonds. The number of benzene rings is 1. The summed E-state index contributed by atoms with van der Waals surface area (Å²) in [5.41, 5.74) is 1.01. The van der Waals surface area contributed by atoms with Crippen molar-refractivity contribution in [3.8, 4) is 29.4 Å². The third-order valence-corrected chi connectivity index (χ3v) is 5.94. The molecule has 0 bridgehead atoms. The Morgan fingerprint density at radius 1 is 0.833 bits per heavy atom. The molecule has 1 aromatic rings. The topological polar surface area (TPSA) is 9.23 Å². The Labute approximate surface area is 185 Å². The average Bonchev–Trinajstić information content (AvgIpc) is 2.78. The standard InChI is InChI=1S/C29H40O/c1-3-5-7-10-13-25-30-29-23-21-28(22-24-29)16-12-9-8-11-15-27-19-17-26(18-20-27)14-6-4-2/h8-9,21-24,26-27H,3-7,10,13-14,17-20,25H2,1-2H3. The van der Waals surface area contributed by atoms with E-state index in [0.717, 1.165) is 30.3 Å². The maximum absolute atomic E-state index is 5.80. The Kier molecular flexibility index (Phi) is 12.6. The van der Waals surface area contributed by atoms with Crippen LogP contribution in [0.3, 0.4) is 0 Å². The van der Waals surface area contributed by atoms with Gasteiger partial charge in [0.25, 0.3) is 0 Å². The van der Waals surface area contributed by atoms with Crippen LogP contribution in [0, 0.1) is 35.5 Å². The van der Waals surface area contributed by atoms with E-state index in [0.29, 0.717) is 5.92 Å². The molecule has 0 aliphatic heterocycles. The second kappa shape index (κ2) is 15.7. The van der Waals surface area contributed by atoms with Gasteiger partial charge in [0, 0.05) is 11.5 Å². The molecule has 1 aliphatic rings. The third-order valence-electron chi connectivity index (χ3n) is 5.94. The lowest BCUT2D eigenvalue weighted by molar-refractivity contribution is 0.296. The van der Waals surface area contributed by atoms with Crippen molar-refractivity contribution in [3.05, 3.63) is 42.0 Å². The van der Waals surface area contributed by atoms with Crippen LogP contribution in [0.4, 0.5) is 0 Å². The molecule has 0 radical (unpaired) electrons. The largest absolute Gasteiger partial charge is 0.494 e. The first-order valence-electron chi connectivity index (χ1n) is 12.2. The van der Waals surface area contributed by atoms with Crippen LogP contribution in [0.25, 0.3) is 0 Å². The molecule has 0 heterocycles. The smallest absolute Gasteiger partial charge is 0.119 e. The predicted molar refractivity (Wildman–Crippen MR) is 129 cm³/mol. The van der Waals surface area contributed by atoms with Crippen LogP contribution >= 0.6 is 0 Å². The van der Waals surface area contributed by atoms with Gasteiger partial charge in [0.1, 0.15) is 5.75 Å². The molecule has 0 saturated heterocycles. The van der Waals surface area contributed by atoms with E-state index in [1.54, 1.807) is 0 Å². The summed E-state index contributed by atoms with van der Waals surface area (Å²) in [5, 5.41) is 0. The zero-order chi connectivity index (χ0) is 21.3. The van der Waals surface area contributed by atoms with Gasteiger partial charge < -0.3 is 4.74 Å². The monoisotopic (exact) mass is 404 g/mol. The molecule has 1 saturated carbocycles. The summed E-state index contributed by atoms with van der Waals surface area (Å²) < 4.78 is 5.80. The van der Waals surface area contributed by atoms with Gasteiger partial charge in [-0.25, -0.2) is 0 Å². The summed E-state index contributed by atoms with van der Waals surface area (Å²) in [6.45, 7) is 5.33. The first kappa shape index (κ1) is 24.2. The summed E-state index contributed by atoms with van der Waals surface area (Å²) in [4.78, 5) is 0. The minimum Gasteiger partial charge on any atom is -0.494 e. The van der Waals surface area contributed by atoms with Crippen molar-refractivity contribution in [2.75, 3.05) is 6.61 Å². The van der Waals surface area contributed by atoms with E-state index >= 15 is 0 Å². The second-order valence-electron chi connectivity index (χ2n) is 8.54. The van der Waals surface area contributed by atoms with E-state index < -0.39 is 0 Å². The molecule has 0 unspecified atom stereocenters. The number of hydrogen-bond donors (Lipinski definition) is 0. The molecule has 162 valence electrons. The van der Waals surface area contributed by atoms with E-state index in [2.05, 4.69) is 37.5 Å². The minimum absolute atomic E-state index is 0.583. The summed E-state index contributed by atoms with van der Waals surface area (Å²) in [7, 11) is 0. The Bertz CT molecular complexity index is 712. The fourth-order valence-electron chi connectivity index (χ4n) is 3.99. The van der Waals surface area contributed by atoms with Crippen LogP contribution in [0.2, 0.25) is 0 Å². The summed E-state index contributed by atoms with van der Waals surface area (Å²) >= 11 is 0. The van der Waals surface area contributed by atoms with Gasteiger partial charge in [-0.05, 0) is 74.4 Å². The van der Waals surface area contributed by atoms with Gasteiger partial charge in [-0.3, -0.25) is 0 Å². The molecule has 0 atom stereocenters. The molecule has 30 heavy (non-hydrogen) atoms. The van der Waals surface area contributed by atoms with Crippen LogP contribution in [0.1, 0.15) is 96.5 Å². The maximum Gasteiger partial charge on any atom is 0.119 e. The van der Waals surface area contributed by atoms with Gasteiger partial charge in [0.2, 0.25) is 0 Å². The fraction of sp³-hybridized carbons (Fsp3) is 0.586. The van der Waals surface area contributed by atoms with Crippen LogP contribution in [-0.2, 0) is 0 Å². The van der Waals surface area contributed by atoms with E-state index in [9.17, 15) is 0 Å². The van der Waals surface area contributed by atoms with Crippen molar-refractivity contribution in [2.24, 2.45) is 11.8 Å². The first-order chi connectivity index (χ1) is 14.8. The van der Waals surface area contributed by atoms with Crippen LogP contribution in [0.5, 0.6) is 5.75 Å². The summed E-state index contributed by atoms with van der Waals surface area (Å²) in [5.74, 6) is 15.3. The summed E-state index contributed by atoms with van der Waals surface area (Å²) in [6.07, 6.45) is 19.5. The molecule has 1 fully saturated rings. The van der Waals surface area contributed by atoms with E-state index in [1.807, 2.05) is 36.4 Å². The lowest BCUT2D eigenvalue weighted by Gasteiger charge is -2.25. The van der Waals surface area contributed by atoms with Crippen molar-refractivity contribution < 1.29 is 4.74 Å². The van der Waals surface area contributed by atoms with Gasteiger partial charge in [0.15, 0.2) is 0 Å². The third kappa shape index (κ3) is 10.6. The normalized spacial score (nSPS) is 18.3. The number of hydrogen-bond acceptors (Lipinski definition) is 1. The van der Waals surface area contributed by atoms with Crippen molar-refractivity contribution in [3.63, 3.8) is 0 Å². The molecule has 1 aliphatic carbocycles. The zero-order valence-corrected chi connectivity index (χ0v) is 19.2. The highest BCUT2D eigenvalue weighted by atomic mass is 16.5. The molecular formula is C29H40O. The molecule has 0 aromatic heterocycles. The quantitative estimate of drug-likeness (QED) is 0.284. The highest BCUT2D eigenvalue weighted by molar-refractivity contribution is 5.40. The average molecular weight is 405 g/mol. The molecule has 2 rings (SSSR count). The Morgan fingerprint density at radius 3 is 2.27 bits per heavy atom. The van der Waals surface area contributed by atoms with Crippen LogP contribution in [-0.4, -0.2) is 6.61 Å². The van der Waals surface area contributed by atoms with E-state index in [1.165, 1.54) is 70.6 Å². The van der Waals surface area contributed by atoms with Crippen molar-refractivity contribution in [2.45, 2.75) is 90.9 Å². The van der Waals surface area contributed by atoms with Crippen LogP contribution in [0.15, 0.2) is 36.4 Å². The number of rotatable bonds is 10. The van der Waals surface area contributed by atoms with Crippen molar-refractivity contribution in [1.82, 2.24) is 0 Å². The highest BCUT2D eigenvalue weighted by Gasteiger charge is 2.18. The van der Waals surface area contributed by atoms with Gasteiger partial charge in [0.05, 0.1) is 6.61 Å². The summed E-state index contributed by atoms with van der Waals surface area (Å²) in [6, 6.07) is 8.07. The highest BCUT2D eigenvalue weighted by Crippen LogP contribution is 2.31. The zero-order valence-electron chi connectivity index (χ0n) is 19.2.